The Morgan fingerprint density at radius 2 is 1.72 bits per heavy atom. The number of rotatable bonds is 3. The first kappa shape index (κ1) is 14.4. The van der Waals surface area contributed by atoms with Crippen LogP contribution in [0.3, 0.4) is 0 Å². The van der Waals surface area contributed by atoms with Crippen molar-refractivity contribution in [1.29, 1.82) is 10.8 Å². The van der Waals surface area contributed by atoms with Gasteiger partial charge >= 0.3 is 0 Å². The summed E-state index contributed by atoms with van der Waals surface area (Å²) in [5, 5.41) is 47.8. The SMILES string of the molecule is N=C(N)NCC1OC(O)C(NC(=N)N)C(O)C1O. The average molecular weight is 262 g/mol. The molecule has 0 aromatic rings. The van der Waals surface area contributed by atoms with E-state index in [1.54, 1.807) is 0 Å². The lowest BCUT2D eigenvalue weighted by Crippen LogP contribution is -2.65. The fourth-order valence-electron chi connectivity index (χ4n) is 1.66. The van der Waals surface area contributed by atoms with E-state index in [2.05, 4.69) is 10.6 Å². The normalized spacial score (nSPS) is 35.8. The summed E-state index contributed by atoms with van der Waals surface area (Å²) in [5.41, 5.74) is 10.2. The van der Waals surface area contributed by atoms with E-state index < -0.39 is 36.6 Å². The van der Waals surface area contributed by atoms with Crippen LogP contribution in [0, 0.1) is 10.8 Å². The second-order valence-electron chi connectivity index (χ2n) is 3.92. The second-order valence-corrected chi connectivity index (χ2v) is 3.92. The van der Waals surface area contributed by atoms with E-state index in [4.69, 9.17) is 27.0 Å². The first-order valence-electron chi connectivity index (χ1n) is 5.21. The average Bonchev–Trinajstić information content (AvgIpc) is 2.27. The lowest BCUT2D eigenvalue weighted by atomic mass is 9.97. The topological polar surface area (TPSA) is 194 Å². The lowest BCUT2D eigenvalue weighted by Gasteiger charge is -2.41. The van der Waals surface area contributed by atoms with Crippen LogP contribution in [0.5, 0.6) is 0 Å². The van der Waals surface area contributed by atoms with Gasteiger partial charge in [0, 0.05) is 6.54 Å². The molecule has 0 spiro atoms. The Labute approximate surface area is 103 Å². The maximum Gasteiger partial charge on any atom is 0.186 e. The van der Waals surface area contributed by atoms with E-state index in [0.29, 0.717) is 0 Å². The van der Waals surface area contributed by atoms with Gasteiger partial charge < -0.3 is 42.2 Å². The van der Waals surface area contributed by atoms with Crippen LogP contribution >= 0.6 is 0 Å². The Bertz CT molecular complexity index is 325. The highest BCUT2D eigenvalue weighted by Crippen LogP contribution is 2.19. The van der Waals surface area contributed by atoms with E-state index in [1.165, 1.54) is 0 Å². The van der Waals surface area contributed by atoms with Gasteiger partial charge in [0.25, 0.3) is 0 Å². The summed E-state index contributed by atoms with van der Waals surface area (Å²) in [4.78, 5) is 0. The van der Waals surface area contributed by atoms with E-state index >= 15 is 0 Å². The maximum atomic E-state index is 9.77. The first-order chi connectivity index (χ1) is 8.32. The summed E-state index contributed by atoms with van der Waals surface area (Å²) in [6.07, 6.45) is -5.09. The minimum Gasteiger partial charge on any atom is -0.388 e. The number of hydrogen-bond donors (Lipinski definition) is 9. The molecule has 1 aliphatic heterocycles. The number of nitrogens with one attached hydrogen (secondary N) is 4. The second kappa shape index (κ2) is 5.82. The van der Waals surface area contributed by atoms with Crippen LogP contribution < -0.4 is 22.1 Å². The van der Waals surface area contributed by atoms with Crippen molar-refractivity contribution in [2.45, 2.75) is 30.6 Å². The first-order valence-corrected chi connectivity index (χ1v) is 5.21. The molecule has 0 amide bonds. The third-order valence-corrected chi connectivity index (χ3v) is 2.54. The Morgan fingerprint density at radius 1 is 1.11 bits per heavy atom. The fourth-order valence-corrected chi connectivity index (χ4v) is 1.66. The van der Waals surface area contributed by atoms with Crippen molar-refractivity contribution < 1.29 is 20.1 Å². The largest absolute Gasteiger partial charge is 0.388 e. The molecule has 18 heavy (non-hydrogen) atoms. The van der Waals surface area contributed by atoms with E-state index in [1.807, 2.05) is 0 Å². The molecule has 0 aromatic heterocycles. The van der Waals surface area contributed by atoms with Gasteiger partial charge in [0.15, 0.2) is 18.2 Å². The zero-order valence-electron chi connectivity index (χ0n) is 9.50. The lowest BCUT2D eigenvalue weighted by molar-refractivity contribution is -0.243. The van der Waals surface area contributed by atoms with Crippen molar-refractivity contribution >= 4 is 11.9 Å². The van der Waals surface area contributed by atoms with Gasteiger partial charge in [-0.25, -0.2) is 0 Å². The Hall–Kier alpha value is -1.62. The van der Waals surface area contributed by atoms with Crippen molar-refractivity contribution in [3.8, 4) is 0 Å². The third-order valence-electron chi connectivity index (χ3n) is 2.54. The highest BCUT2D eigenvalue weighted by Gasteiger charge is 2.43. The predicted molar refractivity (Wildman–Crippen MR) is 61.6 cm³/mol. The summed E-state index contributed by atoms with van der Waals surface area (Å²) in [6.45, 7) is -0.0442. The van der Waals surface area contributed by atoms with E-state index in [0.717, 1.165) is 0 Å². The highest BCUT2D eigenvalue weighted by atomic mass is 16.6. The van der Waals surface area contributed by atoms with Crippen LogP contribution in [-0.4, -0.2) is 64.4 Å². The van der Waals surface area contributed by atoms with Gasteiger partial charge in [-0.1, -0.05) is 0 Å². The van der Waals surface area contributed by atoms with Crippen molar-refractivity contribution in [1.82, 2.24) is 10.6 Å². The molecule has 0 aliphatic carbocycles. The molecule has 10 nitrogen and oxygen atoms in total. The molecule has 104 valence electrons. The molecule has 11 N–H and O–H groups in total. The van der Waals surface area contributed by atoms with Crippen molar-refractivity contribution in [2.75, 3.05) is 6.54 Å². The minimum atomic E-state index is -1.45. The number of nitrogens with two attached hydrogens (primary N) is 2. The molecule has 1 heterocycles. The van der Waals surface area contributed by atoms with E-state index in [9.17, 15) is 15.3 Å². The minimum absolute atomic E-state index is 0.0442. The zero-order chi connectivity index (χ0) is 13.9. The molecule has 5 unspecified atom stereocenters. The van der Waals surface area contributed by atoms with Crippen LogP contribution in [0.2, 0.25) is 0 Å². The van der Waals surface area contributed by atoms with Crippen LogP contribution in [-0.2, 0) is 4.74 Å². The maximum absolute atomic E-state index is 9.77. The van der Waals surface area contributed by atoms with Crippen molar-refractivity contribution in [2.24, 2.45) is 11.5 Å². The number of aliphatic hydroxyl groups is 3. The molecule has 0 bridgehead atoms. The molecular weight excluding hydrogens is 244 g/mol. The Morgan fingerprint density at radius 3 is 2.22 bits per heavy atom. The summed E-state index contributed by atoms with van der Waals surface area (Å²) < 4.78 is 5.05. The molecule has 0 radical (unpaired) electrons. The van der Waals surface area contributed by atoms with Gasteiger partial charge in [0.1, 0.15) is 24.4 Å². The van der Waals surface area contributed by atoms with Gasteiger partial charge in [-0.2, -0.15) is 0 Å². The van der Waals surface area contributed by atoms with E-state index in [-0.39, 0.29) is 12.5 Å². The summed E-state index contributed by atoms with van der Waals surface area (Å²) in [6, 6.07) is -1.11. The highest BCUT2D eigenvalue weighted by molar-refractivity contribution is 5.75. The Kier molecular flexibility index (Phi) is 4.67. The molecule has 5 atom stereocenters. The van der Waals surface area contributed by atoms with Gasteiger partial charge in [-0.05, 0) is 0 Å². The number of aliphatic hydroxyl groups excluding tert-OH is 3. The number of hydrogen-bond acceptors (Lipinski definition) is 6. The molecule has 1 saturated heterocycles. The molecular formula is C8H18N6O4. The molecule has 1 aliphatic rings. The van der Waals surface area contributed by atoms with Crippen LogP contribution in [0.25, 0.3) is 0 Å². The third kappa shape index (κ3) is 3.43. The van der Waals surface area contributed by atoms with Gasteiger partial charge in [-0.15, -0.1) is 0 Å². The Balaban J connectivity index is 2.64. The predicted octanol–water partition coefficient (Wildman–Crippen LogP) is -4.24. The summed E-state index contributed by atoms with van der Waals surface area (Å²) in [7, 11) is 0. The van der Waals surface area contributed by atoms with Crippen LogP contribution in [0.4, 0.5) is 0 Å². The summed E-state index contributed by atoms with van der Waals surface area (Å²) >= 11 is 0. The standard InChI is InChI=1S/C8H18N6O4/c9-7(10)13-1-2-4(15)5(16)3(6(17)18-2)14-8(11)12/h2-6,15-17H,1H2,(H4,9,10,13)(H4,11,12,14). The monoisotopic (exact) mass is 262 g/mol. The molecule has 1 fully saturated rings. The fraction of sp³-hybridized carbons (Fsp3) is 0.750. The van der Waals surface area contributed by atoms with Gasteiger partial charge in [-0.3, -0.25) is 10.8 Å². The zero-order valence-corrected chi connectivity index (χ0v) is 9.50. The molecule has 10 heteroatoms. The molecule has 0 saturated carbocycles. The van der Waals surface area contributed by atoms with Crippen molar-refractivity contribution in [3.05, 3.63) is 0 Å². The van der Waals surface area contributed by atoms with Gasteiger partial charge in [0.2, 0.25) is 0 Å². The number of guanidine groups is 2. The summed E-state index contributed by atoms with van der Waals surface area (Å²) in [5.74, 6) is -0.784. The quantitative estimate of drug-likeness (QED) is 0.180. The smallest absolute Gasteiger partial charge is 0.186 e. The van der Waals surface area contributed by atoms with Crippen LogP contribution in [0.15, 0.2) is 0 Å². The van der Waals surface area contributed by atoms with Crippen molar-refractivity contribution in [3.63, 3.8) is 0 Å². The molecule has 1 rings (SSSR count). The number of ether oxygens (including phenoxy) is 1. The molecule has 0 aromatic carbocycles. The van der Waals surface area contributed by atoms with Gasteiger partial charge in [0.05, 0.1) is 0 Å². The van der Waals surface area contributed by atoms with Crippen LogP contribution in [0.1, 0.15) is 0 Å².